The molecule has 0 bridgehead atoms. The van der Waals surface area contributed by atoms with Crippen LogP contribution in [0.25, 0.3) is 0 Å². The molecule has 0 aliphatic rings. The first-order chi connectivity index (χ1) is 20.0. The lowest BCUT2D eigenvalue weighted by molar-refractivity contribution is 0.174. The molecule has 0 aromatic heterocycles. The summed E-state index contributed by atoms with van der Waals surface area (Å²) in [7, 11) is 0.576. The van der Waals surface area contributed by atoms with E-state index >= 15 is 0 Å². The molecular weight excluding hydrogens is 527 g/mol. The van der Waals surface area contributed by atoms with Crippen LogP contribution in [0.3, 0.4) is 0 Å². The Morgan fingerprint density at radius 2 is 1.27 bits per heavy atom. The van der Waals surface area contributed by atoms with E-state index in [1.165, 1.54) is 16.7 Å². The number of nitrogens with zero attached hydrogens (tertiary/aromatic N) is 2. The van der Waals surface area contributed by atoms with Crippen molar-refractivity contribution in [3.8, 4) is 11.8 Å². The normalized spacial score (nSPS) is 12.6. The third-order valence-corrected chi connectivity index (χ3v) is 9.52. The van der Waals surface area contributed by atoms with Crippen molar-refractivity contribution < 1.29 is 13.8 Å². The van der Waals surface area contributed by atoms with Crippen molar-refractivity contribution in [3.63, 3.8) is 0 Å². The zero-order valence-electron chi connectivity index (χ0n) is 25.5. The second-order valence-corrected chi connectivity index (χ2v) is 12.3. The van der Waals surface area contributed by atoms with Crippen LogP contribution in [0.4, 0.5) is 0 Å². The SMILES string of the molecule is COc1ccccc1C(CCCCCCOP(OCCC#N)N(C(C)C)C(C)C)(c1ccccc1)c1ccccc1. The smallest absolute Gasteiger partial charge is 0.259 e. The predicted molar refractivity (Wildman–Crippen MR) is 170 cm³/mol. The van der Waals surface area contributed by atoms with E-state index in [9.17, 15) is 0 Å². The summed E-state index contributed by atoms with van der Waals surface area (Å²) in [6.45, 7) is 9.73. The Morgan fingerprint density at radius 3 is 1.83 bits per heavy atom. The minimum atomic E-state index is -1.19. The van der Waals surface area contributed by atoms with Crippen molar-refractivity contribution in [1.29, 1.82) is 5.26 Å². The van der Waals surface area contributed by atoms with Crippen LogP contribution >= 0.6 is 8.53 Å². The number of rotatable bonds is 18. The summed E-state index contributed by atoms with van der Waals surface area (Å²) < 4.78 is 20.5. The topological polar surface area (TPSA) is 54.7 Å². The summed E-state index contributed by atoms with van der Waals surface area (Å²) in [5.74, 6) is 0.915. The van der Waals surface area contributed by atoms with Gasteiger partial charge < -0.3 is 13.8 Å². The fourth-order valence-corrected chi connectivity index (χ4v) is 7.27. The Labute approximate surface area is 249 Å². The number of nitriles is 1. The van der Waals surface area contributed by atoms with Gasteiger partial charge in [-0.1, -0.05) is 98.1 Å². The molecule has 0 aliphatic heterocycles. The number of hydrogen-bond donors (Lipinski definition) is 0. The van der Waals surface area contributed by atoms with Crippen LogP contribution in [0, 0.1) is 11.3 Å². The molecule has 3 aromatic rings. The quantitative estimate of drug-likeness (QED) is 0.0861. The van der Waals surface area contributed by atoms with Crippen LogP contribution in [0.2, 0.25) is 0 Å². The highest BCUT2D eigenvalue weighted by Gasteiger charge is 2.38. The minimum absolute atomic E-state index is 0.308. The average molecular weight is 575 g/mol. The molecule has 0 heterocycles. The van der Waals surface area contributed by atoms with Gasteiger partial charge in [0.05, 0.1) is 32.8 Å². The van der Waals surface area contributed by atoms with Crippen LogP contribution in [0.1, 0.15) is 82.9 Å². The molecule has 6 heteroatoms. The van der Waals surface area contributed by atoms with E-state index in [1.807, 2.05) is 6.07 Å². The lowest BCUT2D eigenvalue weighted by Gasteiger charge is -2.37. The van der Waals surface area contributed by atoms with E-state index < -0.39 is 8.53 Å². The highest BCUT2D eigenvalue weighted by molar-refractivity contribution is 7.44. The molecule has 41 heavy (non-hydrogen) atoms. The van der Waals surface area contributed by atoms with Gasteiger partial charge in [-0.15, -0.1) is 0 Å². The Morgan fingerprint density at radius 1 is 0.732 bits per heavy atom. The molecule has 3 rings (SSSR count). The zero-order chi connectivity index (χ0) is 29.5. The predicted octanol–water partition coefficient (Wildman–Crippen LogP) is 9.27. The van der Waals surface area contributed by atoms with Gasteiger partial charge in [0, 0.05) is 23.1 Å². The third-order valence-electron chi connectivity index (χ3n) is 7.41. The van der Waals surface area contributed by atoms with Gasteiger partial charge in [-0.2, -0.15) is 5.26 Å². The van der Waals surface area contributed by atoms with Crippen molar-refractivity contribution in [3.05, 3.63) is 102 Å². The van der Waals surface area contributed by atoms with E-state index in [-0.39, 0.29) is 5.41 Å². The maximum atomic E-state index is 8.95. The van der Waals surface area contributed by atoms with Gasteiger partial charge in [-0.3, -0.25) is 0 Å². The Hall–Kier alpha value is -2.74. The van der Waals surface area contributed by atoms with Crippen molar-refractivity contribution >= 4 is 8.53 Å². The maximum Gasteiger partial charge on any atom is 0.259 e. The number of ether oxygens (including phenoxy) is 1. The van der Waals surface area contributed by atoms with Gasteiger partial charge in [-0.05, 0) is 57.7 Å². The van der Waals surface area contributed by atoms with Crippen LogP contribution in [-0.4, -0.2) is 37.1 Å². The molecule has 3 aromatic carbocycles. The lowest BCUT2D eigenvalue weighted by atomic mass is 9.66. The van der Waals surface area contributed by atoms with Crippen molar-refractivity contribution in [2.45, 2.75) is 83.7 Å². The standard InChI is InChI=1S/C35H47N2O3P/c1-29(2)37(30(3)4)41(40-28-18-26-36)39-27-17-7-6-16-25-35(31-19-10-8-11-20-31,32-21-12-9-13-22-32)33-23-14-15-24-34(33)38-5/h8-15,19-24,29-30H,6-7,16-18,25,27-28H2,1-5H3. The third kappa shape index (κ3) is 8.87. The molecular formula is C35H47N2O3P. The molecule has 0 N–H and O–H groups in total. The molecule has 0 spiro atoms. The van der Waals surface area contributed by atoms with E-state index in [0.717, 1.165) is 37.9 Å². The molecule has 5 nitrogen and oxygen atoms in total. The highest BCUT2D eigenvalue weighted by atomic mass is 31.2. The van der Waals surface area contributed by atoms with Gasteiger partial charge in [0.25, 0.3) is 8.53 Å². The van der Waals surface area contributed by atoms with Crippen LogP contribution in [0.15, 0.2) is 84.9 Å². The molecule has 0 radical (unpaired) electrons. The summed E-state index contributed by atoms with van der Waals surface area (Å²) in [4.78, 5) is 0. The molecule has 0 saturated carbocycles. The molecule has 0 saturated heterocycles. The van der Waals surface area contributed by atoms with Crippen LogP contribution in [-0.2, 0) is 14.5 Å². The zero-order valence-corrected chi connectivity index (χ0v) is 26.4. The summed E-state index contributed by atoms with van der Waals surface area (Å²) in [5.41, 5.74) is 3.44. The van der Waals surface area contributed by atoms with Gasteiger partial charge in [0.1, 0.15) is 5.75 Å². The van der Waals surface area contributed by atoms with Crippen LogP contribution < -0.4 is 4.74 Å². The van der Waals surface area contributed by atoms with E-state index in [2.05, 4.69) is 117 Å². The minimum Gasteiger partial charge on any atom is -0.496 e. The molecule has 0 amide bonds. The summed E-state index contributed by atoms with van der Waals surface area (Å²) in [6, 6.07) is 32.9. The monoisotopic (exact) mass is 574 g/mol. The first-order valence-electron chi connectivity index (χ1n) is 14.9. The number of benzene rings is 3. The Bertz CT molecular complexity index is 1130. The average Bonchev–Trinajstić information content (AvgIpc) is 2.99. The Kier molecular flexibility index (Phi) is 13.8. The molecule has 1 atom stereocenters. The largest absolute Gasteiger partial charge is 0.496 e. The summed E-state index contributed by atoms with van der Waals surface area (Å²) in [5, 5.41) is 8.95. The second kappa shape index (κ2) is 17.3. The first kappa shape index (κ1) is 32.8. The lowest BCUT2D eigenvalue weighted by Crippen LogP contribution is -2.33. The van der Waals surface area contributed by atoms with E-state index in [4.69, 9.17) is 19.0 Å². The van der Waals surface area contributed by atoms with Crippen molar-refractivity contribution in [1.82, 2.24) is 4.67 Å². The van der Waals surface area contributed by atoms with Crippen LogP contribution in [0.5, 0.6) is 5.75 Å². The number of hydrogen-bond acceptors (Lipinski definition) is 5. The van der Waals surface area contributed by atoms with Gasteiger partial charge in [-0.25, -0.2) is 4.67 Å². The van der Waals surface area contributed by atoms with Crippen molar-refractivity contribution in [2.24, 2.45) is 0 Å². The Balaban J connectivity index is 1.72. The van der Waals surface area contributed by atoms with Gasteiger partial charge in [0.15, 0.2) is 0 Å². The highest BCUT2D eigenvalue weighted by Crippen LogP contribution is 2.48. The molecule has 220 valence electrons. The molecule has 0 fully saturated rings. The number of unbranched alkanes of at least 4 members (excludes halogenated alkanes) is 3. The van der Waals surface area contributed by atoms with Crippen molar-refractivity contribution in [2.75, 3.05) is 20.3 Å². The number of methoxy groups -OCH3 is 1. The summed E-state index contributed by atoms with van der Waals surface area (Å²) >= 11 is 0. The summed E-state index contributed by atoms with van der Waals surface area (Å²) in [6.07, 6.45) is 5.58. The fourth-order valence-electron chi connectivity index (χ4n) is 5.65. The fraction of sp³-hybridized carbons (Fsp3) is 0.457. The van der Waals surface area contributed by atoms with E-state index in [1.54, 1.807) is 7.11 Å². The molecule has 1 unspecified atom stereocenters. The first-order valence-corrected chi connectivity index (χ1v) is 16.0. The van der Waals surface area contributed by atoms with E-state index in [0.29, 0.717) is 31.7 Å². The van der Waals surface area contributed by atoms with Gasteiger partial charge in [0.2, 0.25) is 0 Å². The molecule has 0 aliphatic carbocycles. The van der Waals surface area contributed by atoms with Gasteiger partial charge >= 0.3 is 0 Å². The second-order valence-electron chi connectivity index (χ2n) is 10.9. The number of para-hydroxylation sites is 1. The maximum absolute atomic E-state index is 8.95.